The summed E-state index contributed by atoms with van der Waals surface area (Å²) in [5.41, 5.74) is 4.57. The van der Waals surface area contributed by atoms with E-state index in [0.717, 1.165) is 30.9 Å². The van der Waals surface area contributed by atoms with E-state index in [1.807, 2.05) is 29.5 Å². The third-order valence-electron chi connectivity index (χ3n) is 3.21. The van der Waals surface area contributed by atoms with Crippen LogP contribution in [0.2, 0.25) is 0 Å². The smallest absolute Gasteiger partial charge is 0.0825 e. The van der Waals surface area contributed by atoms with Gasteiger partial charge in [-0.05, 0) is 20.3 Å². The van der Waals surface area contributed by atoms with E-state index in [9.17, 15) is 0 Å². The second kappa shape index (κ2) is 6.61. The molecule has 6 heteroatoms. The molecule has 0 aliphatic heterocycles. The quantitative estimate of drug-likeness (QED) is 0.918. The number of anilines is 1. The molecule has 0 bridgehead atoms. The van der Waals surface area contributed by atoms with E-state index < -0.39 is 0 Å². The summed E-state index contributed by atoms with van der Waals surface area (Å²) in [5, 5.41) is 12.1. The lowest BCUT2D eigenvalue weighted by Gasteiger charge is -2.04. The Balaban J connectivity index is 0.00000180. The summed E-state index contributed by atoms with van der Waals surface area (Å²) in [7, 11) is 1.96. The van der Waals surface area contributed by atoms with Crippen LogP contribution < -0.4 is 5.32 Å². The minimum atomic E-state index is 0. The molecule has 0 aliphatic carbocycles. The Morgan fingerprint density at radius 3 is 2.63 bits per heavy atom. The Labute approximate surface area is 120 Å². The van der Waals surface area contributed by atoms with Crippen LogP contribution in [0.25, 0.3) is 0 Å². The first-order chi connectivity index (χ1) is 8.61. The summed E-state index contributed by atoms with van der Waals surface area (Å²) < 4.78 is 3.89. The van der Waals surface area contributed by atoms with Crippen molar-refractivity contribution in [2.24, 2.45) is 7.05 Å². The average Bonchev–Trinajstić information content (AvgIpc) is 2.83. The average molecular weight is 284 g/mol. The molecule has 19 heavy (non-hydrogen) atoms. The second-order valence-electron chi connectivity index (χ2n) is 4.62. The lowest BCUT2D eigenvalue weighted by Crippen LogP contribution is -2.01. The molecule has 0 unspecified atom stereocenters. The van der Waals surface area contributed by atoms with Crippen LogP contribution in [-0.4, -0.2) is 19.6 Å². The molecule has 0 saturated heterocycles. The van der Waals surface area contributed by atoms with E-state index >= 15 is 0 Å². The fraction of sp³-hybridized carbons (Fsp3) is 0.538. The number of aromatic nitrogens is 4. The molecular weight excluding hydrogens is 262 g/mol. The highest BCUT2D eigenvalue weighted by molar-refractivity contribution is 5.85. The van der Waals surface area contributed by atoms with Gasteiger partial charge in [-0.2, -0.15) is 10.2 Å². The Morgan fingerprint density at radius 1 is 1.32 bits per heavy atom. The minimum Gasteiger partial charge on any atom is -0.378 e. The summed E-state index contributed by atoms with van der Waals surface area (Å²) in [6.45, 7) is 8.03. The standard InChI is InChI=1S/C13H21N5.ClH/c1-5-6-18-9-13(10(2)16-18)14-7-12-8-15-17(4)11(12)3;/h8-9,14H,5-7H2,1-4H3;1H. The molecule has 0 aromatic carbocycles. The van der Waals surface area contributed by atoms with Crippen molar-refractivity contribution in [2.75, 3.05) is 5.32 Å². The van der Waals surface area contributed by atoms with E-state index in [2.05, 4.69) is 35.6 Å². The van der Waals surface area contributed by atoms with Crippen LogP contribution in [-0.2, 0) is 20.1 Å². The molecule has 0 amide bonds. The number of aryl methyl sites for hydroxylation is 3. The van der Waals surface area contributed by atoms with E-state index in [-0.39, 0.29) is 12.4 Å². The molecule has 0 saturated carbocycles. The number of halogens is 1. The van der Waals surface area contributed by atoms with Crippen molar-refractivity contribution in [2.45, 2.75) is 40.3 Å². The number of nitrogens with one attached hydrogen (secondary N) is 1. The van der Waals surface area contributed by atoms with Gasteiger partial charge in [-0.25, -0.2) is 0 Å². The fourth-order valence-corrected chi connectivity index (χ4v) is 1.94. The van der Waals surface area contributed by atoms with Gasteiger partial charge in [0.25, 0.3) is 0 Å². The Kier molecular flexibility index (Phi) is 5.42. The first-order valence-electron chi connectivity index (χ1n) is 6.37. The van der Waals surface area contributed by atoms with Crippen molar-refractivity contribution in [1.29, 1.82) is 0 Å². The molecule has 0 atom stereocenters. The first kappa shape index (κ1) is 15.6. The maximum absolute atomic E-state index is 4.47. The van der Waals surface area contributed by atoms with E-state index in [1.165, 1.54) is 11.3 Å². The first-order valence-corrected chi connectivity index (χ1v) is 6.37. The predicted molar refractivity (Wildman–Crippen MR) is 79.8 cm³/mol. The number of rotatable bonds is 5. The van der Waals surface area contributed by atoms with Crippen molar-refractivity contribution in [3.63, 3.8) is 0 Å². The van der Waals surface area contributed by atoms with Gasteiger partial charge in [0.05, 0.1) is 17.6 Å². The summed E-state index contributed by atoms with van der Waals surface area (Å²) >= 11 is 0. The van der Waals surface area contributed by atoms with E-state index in [4.69, 9.17) is 0 Å². The van der Waals surface area contributed by atoms with Gasteiger partial charge < -0.3 is 5.32 Å². The molecule has 0 spiro atoms. The molecular formula is C13H22ClN5. The highest BCUT2D eigenvalue weighted by Crippen LogP contribution is 2.15. The molecule has 2 heterocycles. The van der Waals surface area contributed by atoms with Gasteiger partial charge in [-0.1, -0.05) is 6.92 Å². The molecule has 2 rings (SSSR count). The lowest BCUT2D eigenvalue weighted by atomic mass is 10.2. The molecule has 2 aromatic rings. The number of hydrogen-bond acceptors (Lipinski definition) is 3. The summed E-state index contributed by atoms with van der Waals surface area (Å²) in [6, 6.07) is 0. The minimum absolute atomic E-state index is 0. The maximum atomic E-state index is 4.47. The maximum Gasteiger partial charge on any atom is 0.0825 e. The third-order valence-corrected chi connectivity index (χ3v) is 3.21. The van der Waals surface area contributed by atoms with Crippen molar-refractivity contribution < 1.29 is 0 Å². The van der Waals surface area contributed by atoms with E-state index in [0.29, 0.717) is 0 Å². The van der Waals surface area contributed by atoms with Gasteiger partial charge in [0, 0.05) is 37.6 Å². The van der Waals surface area contributed by atoms with Gasteiger partial charge in [0.15, 0.2) is 0 Å². The van der Waals surface area contributed by atoms with Crippen molar-refractivity contribution in [1.82, 2.24) is 19.6 Å². The number of nitrogens with zero attached hydrogens (tertiary/aromatic N) is 4. The molecule has 0 fully saturated rings. The molecule has 0 radical (unpaired) electrons. The van der Waals surface area contributed by atoms with Crippen LogP contribution >= 0.6 is 12.4 Å². The zero-order chi connectivity index (χ0) is 13.1. The molecule has 5 nitrogen and oxygen atoms in total. The number of hydrogen-bond donors (Lipinski definition) is 1. The highest BCUT2D eigenvalue weighted by Gasteiger charge is 2.07. The van der Waals surface area contributed by atoms with Crippen LogP contribution in [0.1, 0.15) is 30.3 Å². The summed E-state index contributed by atoms with van der Waals surface area (Å²) in [5.74, 6) is 0. The van der Waals surface area contributed by atoms with E-state index in [1.54, 1.807) is 0 Å². The zero-order valence-electron chi connectivity index (χ0n) is 12.0. The van der Waals surface area contributed by atoms with Gasteiger partial charge in [0.2, 0.25) is 0 Å². The topological polar surface area (TPSA) is 47.7 Å². The normalized spacial score (nSPS) is 10.3. The van der Waals surface area contributed by atoms with Gasteiger partial charge in [0.1, 0.15) is 0 Å². The SMILES string of the molecule is CCCn1cc(NCc2cnn(C)c2C)c(C)n1.Cl. The summed E-state index contributed by atoms with van der Waals surface area (Å²) in [6.07, 6.45) is 5.08. The highest BCUT2D eigenvalue weighted by atomic mass is 35.5. The molecule has 0 aliphatic rings. The largest absolute Gasteiger partial charge is 0.378 e. The van der Waals surface area contributed by atoms with Crippen LogP contribution in [0.3, 0.4) is 0 Å². The second-order valence-corrected chi connectivity index (χ2v) is 4.62. The Hall–Kier alpha value is -1.49. The fourth-order valence-electron chi connectivity index (χ4n) is 1.94. The Bertz CT molecular complexity index is 529. The zero-order valence-corrected chi connectivity index (χ0v) is 12.8. The molecule has 106 valence electrons. The van der Waals surface area contributed by atoms with Crippen LogP contribution in [0.15, 0.2) is 12.4 Å². The third kappa shape index (κ3) is 3.50. The van der Waals surface area contributed by atoms with Crippen LogP contribution in [0.5, 0.6) is 0 Å². The monoisotopic (exact) mass is 283 g/mol. The van der Waals surface area contributed by atoms with Crippen molar-refractivity contribution in [3.05, 3.63) is 29.3 Å². The Morgan fingerprint density at radius 2 is 2.05 bits per heavy atom. The van der Waals surface area contributed by atoms with Crippen molar-refractivity contribution >= 4 is 18.1 Å². The van der Waals surface area contributed by atoms with Crippen LogP contribution in [0, 0.1) is 13.8 Å². The lowest BCUT2D eigenvalue weighted by molar-refractivity contribution is 0.598. The van der Waals surface area contributed by atoms with Crippen molar-refractivity contribution in [3.8, 4) is 0 Å². The summed E-state index contributed by atoms with van der Waals surface area (Å²) in [4.78, 5) is 0. The van der Waals surface area contributed by atoms with Gasteiger partial charge in [-0.3, -0.25) is 9.36 Å². The van der Waals surface area contributed by atoms with Gasteiger partial charge >= 0.3 is 0 Å². The van der Waals surface area contributed by atoms with Crippen LogP contribution in [0.4, 0.5) is 5.69 Å². The van der Waals surface area contributed by atoms with Gasteiger partial charge in [-0.15, -0.1) is 12.4 Å². The predicted octanol–water partition coefficient (Wildman–Crippen LogP) is 2.68. The molecule has 2 aromatic heterocycles. The molecule has 1 N–H and O–H groups in total.